The van der Waals surface area contributed by atoms with Crippen molar-refractivity contribution in [3.8, 4) is 5.75 Å². The Bertz CT molecular complexity index is 891. The Morgan fingerprint density at radius 3 is 2.37 bits per heavy atom. The summed E-state index contributed by atoms with van der Waals surface area (Å²) < 4.78 is 6.39. The van der Waals surface area contributed by atoms with Crippen molar-refractivity contribution in [2.24, 2.45) is 5.10 Å². The molecule has 0 saturated heterocycles. The fourth-order valence-corrected chi connectivity index (χ4v) is 3.66. The van der Waals surface area contributed by atoms with Gasteiger partial charge in [-0.2, -0.15) is 10.1 Å². The van der Waals surface area contributed by atoms with Gasteiger partial charge in [-0.25, -0.2) is 10.3 Å². The lowest BCUT2D eigenvalue weighted by Crippen LogP contribution is -2.51. The average Bonchev–Trinajstić information content (AvgIpc) is 2.67. The Kier molecular flexibility index (Phi) is 8.43. The summed E-state index contributed by atoms with van der Waals surface area (Å²) in [4.78, 5) is 24.5. The number of ether oxygens (including phenoxy) is 1. The van der Waals surface area contributed by atoms with Crippen molar-refractivity contribution in [3.63, 3.8) is 0 Å². The number of nitrogens with one attached hydrogen (secondary N) is 1. The molecule has 2 aromatic rings. The van der Waals surface area contributed by atoms with E-state index in [1.165, 1.54) is 6.21 Å². The van der Waals surface area contributed by atoms with E-state index in [-0.39, 0.29) is 5.75 Å². The highest BCUT2D eigenvalue weighted by atomic mass is 79.9. The van der Waals surface area contributed by atoms with Crippen molar-refractivity contribution in [1.82, 2.24) is 10.5 Å². The third-order valence-electron chi connectivity index (χ3n) is 3.78. The first-order valence-electron chi connectivity index (χ1n) is 9.09. The molecule has 0 fully saturated rings. The molecule has 2 N–H and O–H groups in total. The van der Waals surface area contributed by atoms with Crippen LogP contribution < -0.4 is 5.53 Å². The molecule has 0 bridgehead atoms. The van der Waals surface area contributed by atoms with Crippen molar-refractivity contribution in [3.05, 3.63) is 62.5 Å². The molecule has 160 valence electrons. The maximum atomic E-state index is 12.7. The number of hydrazine groups is 1. The van der Waals surface area contributed by atoms with Gasteiger partial charge in [0.05, 0.1) is 15.2 Å². The third kappa shape index (κ3) is 7.14. The minimum atomic E-state index is -0.835. The second-order valence-electron chi connectivity index (χ2n) is 7.43. The SMILES string of the molecule is CC(C)(C)OC(=O)N(N/N=C/c1cc(Br)c(O)c(Br)c1)C(C=O)Cc1ccccc1. The first-order chi connectivity index (χ1) is 14.1. The van der Waals surface area contributed by atoms with Crippen LogP contribution in [0.1, 0.15) is 31.9 Å². The fraction of sp³-hybridized carbons (Fsp3) is 0.286. The highest BCUT2D eigenvalue weighted by Crippen LogP contribution is 2.32. The monoisotopic (exact) mass is 539 g/mol. The zero-order valence-electron chi connectivity index (χ0n) is 16.8. The van der Waals surface area contributed by atoms with E-state index in [4.69, 9.17) is 4.74 Å². The first-order valence-corrected chi connectivity index (χ1v) is 10.7. The van der Waals surface area contributed by atoms with Crippen LogP contribution in [0.3, 0.4) is 0 Å². The Morgan fingerprint density at radius 1 is 1.23 bits per heavy atom. The van der Waals surface area contributed by atoms with Crippen molar-refractivity contribution >= 4 is 50.5 Å². The number of nitrogens with zero attached hydrogens (tertiary/aromatic N) is 2. The number of rotatable bonds is 7. The highest BCUT2D eigenvalue weighted by molar-refractivity contribution is 9.11. The van der Waals surface area contributed by atoms with Crippen LogP contribution in [0.15, 0.2) is 56.5 Å². The number of hydrogen-bond acceptors (Lipinski definition) is 6. The molecular formula is C21H23Br2N3O4. The summed E-state index contributed by atoms with van der Waals surface area (Å²) in [5, 5.41) is 15.0. The molecule has 0 aliphatic heterocycles. The van der Waals surface area contributed by atoms with Gasteiger partial charge in [0, 0.05) is 6.42 Å². The molecule has 1 amide bonds. The lowest BCUT2D eigenvalue weighted by molar-refractivity contribution is -0.113. The second-order valence-corrected chi connectivity index (χ2v) is 9.14. The minimum absolute atomic E-state index is 0.0689. The van der Waals surface area contributed by atoms with Gasteiger partial charge in [-0.05, 0) is 75.9 Å². The van der Waals surface area contributed by atoms with Crippen LogP contribution in [0.4, 0.5) is 4.79 Å². The number of phenols is 1. The van der Waals surface area contributed by atoms with Crippen molar-refractivity contribution in [2.75, 3.05) is 0 Å². The molecule has 9 heteroatoms. The molecule has 30 heavy (non-hydrogen) atoms. The van der Waals surface area contributed by atoms with Gasteiger partial charge in [0.1, 0.15) is 23.7 Å². The number of hydrogen-bond donors (Lipinski definition) is 2. The van der Waals surface area contributed by atoms with Crippen LogP contribution in [0, 0.1) is 0 Å². The zero-order chi connectivity index (χ0) is 22.3. The largest absolute Gasteiger partial charge is 0.506 e. The van der Waals surface area contributed by atoms with E-state index in [1.807, 2.05) is 30.3 Å². The predicted octanol–water partition coefficient (Wildman–Crippen LogP) is 4.80. The number of aldehydes is 1. The molecule has 0 aliphatic rings. The summed E-state index contributed by atoms with van der Waals surface area (Å²) >= 11 is 6.51. The summed E-state index contributed by atoms with van der Waals surface area (Å²) in [6.07, 6.45) is 1.70. The molecule has 7 nitrogen and oxygen atoms in total. The summed E-state index contributed by atoms with van der Waals surface area (Å²) in [6, 6.07) is 11.8. The fourth-order valence-electron chi connectivity index (χ4n) is 2.44. The number of carbonyl (C=O) groups is 2. The summed E-state index contributed by atoms with van der Waals surface area (Å²) in [6.45, 7) is 5.22. The van der Waals surface area contributed by atoms with E-state index < -0.39 is 17.7 Å². The molecule has 2 rings (SSSR count). The number of aromatic hydroxyl groups is 1. The number of amides is 1. The Labute approximate surface area is 192 Å². The van der Waals surface area contributed by atoms with Crippen molar-refractivity contribution in [2.45, 2.75) is 38.8 Å². The van der Waals surface area contributed by atoms with E-state index >= 15 is 0 Å². The van der Waals surface area contributed by atoms with Gasteiger partial charge in [-0.15, -0.1) is 0 Å². The number of carbonyl (C=O) groups excluding carboxylic acids is 2. The molecule has 1 atom stereocenters. The lowest BCUT2D eigenvalue weighted by atomic mass is 10.1. The maximum absolute atomic E-state index is 12.7. The number of benzene rings is 2. The van der Waals surface area contributed by atoms with E-state index in [0.717, 1.165) is 10.6 Å². The maximum Gasteiger partial charge on any atom is 0.431 e. The van der Waals surface area contributed by atoms with Gasteiger partial charge in [-0.1, -0.05) is 30.3 Å². The number of halogens is 2. The van der Waals surface area contributed by atoms with E-state index in [1.54, 1.807) is 32.9 Å². The summed E-state index contributed by atoms with van der Waals surface area (Å²) in [7, 11) is 0. The van der Waals surface area contributed by atoms with Crippen LogP contribution in [0.25, 0.3) is 0 Å². The molecule has 2 aromatic carbocycles. The molecular weight excluding hydrogens is 518 g/mol. The Hall–Kier alpha value is -2.39. The van der Waals surface area contributed by atoms with E-state index in [0.29, 0.717) is 27.2 Å². The standard InChI is InChI=1S/C21H23Br2N3O4/c1-21(2,3)30-20(29)26(16(13-27)9-14-7-5-4-6-8-14)25-24-12-15-10-17(22)19(28)18(23)11-15/h4-8,10-13,16,25,28H,9H2,1-3H3/b24-12+. The van der Waals surface area contributed by atoms with E-state index in [2.05, 4.69) is 42.5 Å². The van der Waals surface area contributed by atoms with Gasteiger partial charge in [0.2, 0.25) is 0 Å². The molecule has 0 heterocycles. The Morgan fingerprint density at radius 2 is 1.83 bits per heavy atom. The molecule has 1 unspecified atom stereocenters. The Balaban J connectivity index is 2.24. The highest BCUT2D eigenvalue weighted by Gasteiger charge is 2.28. The van der Waals surface area contributed by atoms with Crippen LogP contribution >= 0.6 is 31.9 Å². The van der Waals surface area contributed by atoms with Crippen molar-refractivity contribution in [1.29, 1.82) is 0 Å². The predicted molar refractivity (Wildman–Crippen MR) is 122 cm³/mol. The van der Waals surface area contributed by atoms with Gasteiger partial charge in [-0.3, -0.25) is 0 Å². The lowest BCUT2D eigenvalue weighted by Gasteiger charge is -2.29. The van der Waals surface area contributed by atoms with Crippen molar-refractivity contribution < 1.29 is 19.4 Å². The van der Waals surface area contributed by atoms with Crippen LogP contribution in [-0.4, -0.2) is 40.4 Å². The van der Waals surface area contributed by atoms with Gasteiger partial charge >= 0.3 is 6.09 Å². The zero-order valence-corrected chi connectivity index (χ0v) is 20.0. The van der Waals surface area contributed by atoms with E-state index in [9.17, 15) is 14.7 Å². The average molecular weight is 541 g/mol. The normalized spacial score (nSPS) is 12.4. The summed E-state index contributed by atoms with van der Waals surface area (Å²) in [5.41, 5.74) is 3.41. The van der Waals surface area contributed by atoms with Gasteiger partial charge < -0.3 is 14.6 Å². The van der Waals surface area contributed by atoms with Gasteiger partial charge in [0.15, 0.2) is 0 Å². The second kappa shape index (κ2) is 10.6. The minimum Gasteiger partial charge on any atom is -0.506 e. The molecule has 0 saturated carbocycles. The topological polar surface area (TPSA) is 91.2 Å². The van der Waals surface area contributed by atoms with Crippen LogP contribution in [0.5, 0.6) is 5.75 Å². The quantitative estimate of drug-likeness (QED) is 0.299. The smallest absolute Gasteiger partial charge is 0.431 e. The third-order valence-corrected chi connectivity index (χ3v) is 4.99. The number of phenolic OH excluding ortho intramolecular Hbond substituents is 1. The van der Waals surface area contributed by atoms with Crippen LogP contribution in [0.2, 0.25) is 0 Å². The van der Waals surface area contributed by atoms with Crippen LogP contribution in [-0.2, 0) is 16.0 Å². The molecule has 0 aromatic heterocycles. The molecule has 0 spiro atoms. The summed E-state index contributed by atoms with van der Waals surface area (Å²) in [5.74, 6) is 0.0689. The molecule has 0 aliphatic carbocycles. The molecule has 0 radical (unpaired) electrons. The van der Waals surface area contributed by atoms with Gasteiger partial charge in [0.25, 0.3) is 0 Å². The first kappa shape index (κ1) is 23.9. The number of hydrazone groups is 1.